The van der Waals surface area contributed by atoms with Crippen molar-refractivity contribution < 1.29 is 4.79 Å². The van der Waals surface area contributed by atoms with E-state index in [-0.39, 0.29) is 17.9 Å². The van der Waals surface area contributed by atoms with E-state index in [1.54, 1.807) is 0 Å². The number of nitrogens with zero attached hydrogens (tertiary/aromatic N) is 4. The van der Waals surface area contributed by atoms with Gasteiger partial charge in [0.2, 0.25) is 5.91 Å². The Bertz CT molecular complexity index is 737. The van der Waals surface area contributed by atoms with Gasteiger partial charge in [-0.05, 0) is 31.9 Å². The monoisotopic (exact) mass is 297 g/mol. The molecular formula is C16H19N5O. The van der Waals surface area contributed by atoms with Crippen molar-refractivity contribution in [2.45, 2.75) is 25.8 Å². The number of rotatable bonds is 3. The van der Waals surface area contributed by atoms with Gasteiger partial charge in [-0.1, -0.05) is 6.07 Å². The first kappa shape index (κ1) is 14.5. The van der Waals surface area contributed by atoms with E-state index in [1.807, 2.05) is 35.7 Å². The first-order valence-electron chi connectivity index (χ1n) is 7.48. The van der Waals surface area contributed by atoms with Crippen LogP contribution < -0.4 is 5.73 Å². The highest BCUT2D eigenvalue weighted by Gasteiger charge is 2.31. The number of primary amides is 1. The van der Waals surface area contributed by atoms with Gasteiger partial charge in [0.25, 0.3) is 0 Å². The highest BCUT2D eigenvalue weighted by molar-refractivity contribution is 5.76. The lowest BCUT2D eigenvalue weighted by molar-refractivity contribution is -0.123. The van der Waals surface area contributed by atoms with E-state index in [4.69, 9.17) is 5.73 Å². The molecule has 0 bridgehead atoms. The summed E-state index contributed by atoms with van der Waals surface area (Å²) in [5.41, 5.74) is 8.01. The minimum Gasteiger partial charge on any atom is -0.369 e. The number of piperidine rings is 1. The van der Waals surface area contributed by atoms with Crippen molar-refractivity contribution >= 4 is 11.6 Å². The molecule has 1 fully saturated rings. The molecule has 3 heterocycles. The second-order valence-electron chi connectivity index (χ2n) is 5.76. The van der Waals surface area contributed by atoms with Gasteiger partial charge in [0.05, 0.1) is 17.5 Å². The van der Waals surface area contributed by atoms with Crippen molar-refractivity contribution in [1.29, 1.82) is 5.26 Å². The molecule has 2 N–H and O–H groups in total. The van der Waals surface area contributed by atoms with Crippen molar-refractivity contribution in [2.24, 2.45) is 11.7 Å². The number of carbonyl (C=O) groups excluding carboxylic acids is 1. The van der Waals surface area contributed by atoms with Crippen molar-refractivity contribution in [2.75, 3.05) is 13.1 Å². The van der Waals surface area contributed by atoms with Gasteiger partial charge in [0.15, 0.2) is 0 Å². The second kappa shape index (κ2) is 5.78. The Morgan fingerprint density at radius 2 is 2.18 bits per heavy atom. The minimum atomic E-state index is -0.355. The van der Waals surface area contributed by atoms with Gasteiger partial charge in [-0.2, -0.15) is 5.26 Å². The van der Waals surface area contributed by atoms with E-state index < -0.39 is 0 Å². The molecule has 114 valence electrons. The van der Waals surface area contributed by atoms with E-state index >= 15 is 0 Å². The molecule has 0 aromatic carbocycles. The SMILES string of the molecule is Cc1nc2ccccn2c1C(C#N)N1CCC(C(N)=O)CC1. The van der Waals surface area contributed by atoms with Crippen LogP contribution in [0.1, 0.15) is 30.3 Å². The minimum absolute atomic E-state index is 0.0705. The molecule has 2 aromatic heterocycles. The molecule has 2 aromatic rings. The number of aromatic nitrogens is 2. The molecular weight excluding hydrogens is 278 g/mol. The molecule has 1 atom stereocenters. The van der Waals surface area contributed by atoms with Gasteiger partial charge < -0.3 is 10.1 Å². The number of nitriles is 1. The number of hydrogen-bond donors (Lipinski definition) is 1. The molecule has 6 heteroatoms. The fourth-order valence-electron chi connectivity index (χ4n) is 3.22. The molecule has 1 aliphatic heterocycles. The highest BCUT2D eigenvalue weighted by atomic mass is 16.1. The standard InChI is InChI=1S/C16H19N5O/c1-11-15(21-7-3-2-4-14(21)19-11)13(10-17)20-8-5-12(6-9-20)16(18)22/h2-4,7,12-13H,5-6,8-9H2,1H3,(H2,18,22). The van der Waals surface area contributed by atoms with Crippen LogP contribution in [0.5, 0.6) is 0 Å². The van der Waals surface area contributed by atoms with Crippen LogP contribution in [0, 0.1) is 24.2 Å². The van der Waals surface area contributed by atoms with Crippen LogP contribution in [0.4, 0.5) is 0 Å². The number of nitrogens with two attached hydrogens (primary N) is 1. The molecule has 22 heavy (non-hydrogen) atoms. The molecule has 0 aliphatic carbocycles. The normalized spacial score (nSPS) is 18.2. The van der Waals surface area contributed by atoms with Crippen LogP contribution in [-0.4, -0.2) is 33.3 Å². The fourth-order valence-corrected chi connectivity index (χ4v) is 3.22. The molecule has 1 unspecified atom stereocenters. The molecule has 1 saturated heterocycles. The maximum absolute atomic E-state index is 11.3. The predicted octanol–water partition coefficient (Wildman–Crippen LogP) is 1.40. The summed E-state index contributed by atoms with van der Waals surface area (Å²) < 4.78 is 1.98. The summed E-state index contributed by atoms with van der Waals surface area (Å²) >= 11 is 0. The van der Waals surface area contributed by atoms with Gasteiger partial charge in [-0.15, -0.1) is 0 Å². The van der Waals surface area contributed by atoms with Crippen LogP contribution in [0.3, 0.4) is 0 Å². The number of likely N-dealkylation sites (tertiary alicyclic amines) is 1. The Balaban J connectivity index is 1.90. The number of imidazole rings is 1. The zero-order valence-electron chi connectivity index (χ0n) is 12.6. The average molecular weight is 297 g/mol. The summed E-state index contributed by atoms with van der Waals surface area (Å²) in [6, 6.07) is 7.85. The number of carbonyl (C=O) groups is 1. The third-order valence-corrected chi connectivity index (χ3v) is 4.43. The second-order valence-corrected chi connectivity index (χ2v) is 5.76. The van der Waals surface area contributed by atoms with Gasteiger partial charge >= 0.3 is 0 Å². The Morgan fingerprint density at radius 1 is 1.45 bits per heavy atom. The Kier molecular flexibility index (Phi) is 3.82. The molecule has 1 amide bonds. The quantitative estimate of drug-likeness (QED) is 0.927. The maximum atomic E-state index is 11.3. The van der Waals surface area contributed by atoms with E-state index in [2.05, 4.69) is 16.0 Å². The molecule has 0 radical (unpaired) electrons. The Hall–Kier alpha value is -2.39. The van der Waals surface area contributed by atoms with Crippen LogP contribution in [0.25, 0.3) is 5.65 Å². The molecule has 0 spiro atoms. The number of fused-ring (bicyclic) bond motifs is 1. The maximum Gasteiger partial charge on any atom is 0.220 e. The van der Waals surface area contributed by atoms with Crippen molar-refractivity contribution in [3.8, 4) is 6.07 Å². The molecule has 6 nitrogen and oxygen atoms in total. The average Bonchev–Trinajstić information content (AvgIpc) is 2.85. The van der Waals surface area contributed by atoms with Crippen LogP contribution in [0.15, 0.2) is 24.4 Å². The number of hydrogen-bond acceptors (Lipinski definition) is 4. The number of amides is 1. The Morgan fingerprint density at radius 3 is 2.82 bits per heavy atom. The fraction of sp³-hybridized carbons (Fsp3) is 0.438. The van der Waals surface area contributed by atoms with E-state index in [1.165, 1.54) is 0 Å². The summed E-state index contributed by atoms with van der Waals surface area (Å²) in [6.45, 7) is 3.33. The predicted molar refractivity (Wildman–Crippen MR) is 81.8 cm³/mol. The lowest BCUT2D eigenvalue weighted by Gasteiger charge is -2.33. The summed E-state index contributed by atoms with van der Waals surface area (Å²) in [5, 5.41) is 9.68. The molecule has 0 saturated carbocycles. The van der Waals surface area contributed by atoms with Gasteiger partial charge in [-0.3, -0.25) is 9.69 Å². The summed E-state index contributed by atoms with van der Waals surface area (Å²) in [7, 11) is 0. The first-order valence-corrected chi connectivity index (χ1v) is 7.48. The third kappa shape index (κ3) is 2.44. The van der Waals surface area contributed by atoms with Gasteiger partial charge in [0.1, 0.15) is 11.7 Å². The van der Waals surface area contributed by atoms with E-state index in [0.29, 0.717) is 25.9 Å². The van der Waals surface area contributed by atoms with Crippen LogP contribution in [0.2, 0.25) is 0 Å². The zero-order chi connectivity index (χ0) is 15.7. The number of aryl methyl sites for hydroxylation is 1. The van der Waals surface area contributed by atoms with Crippen molar-refractivity contribution in [3.05, 3.63) is 35.8 Å². The first-order chi connectivity index (χ1) is 10.6. The van der Waals surface area contributed by atoms with Crippen LogP contribution in [-0.2, 0) is 4.79 Å². The topological polar surface area (TPSA) is 87.4 Å². The number of pyridine rings is 1. The van der Waals surface area contributed by atoms with E-state index in [9.17, 15) is 10.1 Å². The summed E-state index contributed by atoms with van der Waals surface area (Å²) in [5.74, 6) is -0.307. The summed E-state index contributed by atoms with van der Waals surface area (Å²) in [4.78, 5) is 17.9. The van der Waals surface area contributed by atoms with Crippen molar-refractivity contribution in [3.63, 3.8) is 0 Å². The zero-order valence-corrected chi connectivity index (χ0v) is 12.6. The largest absolute Gasteiger partial charge is 0.369 e. The Labute approximate surface area is 129 Å². The van der Waals surface area contributed by atoms with E-state index in [0.717, 1.165) is 17.0 Å². The van der Waals surface area contributed by atoms with Crippen molar-refractivity contribution in [1.82, 2.24) is 14.3 Å². The highest BCUT2D eigenvalue weighted by Crippen LogP contribution is 2.28. The molecule has 3 rings (SSSR count). The third-order valence-electron chi connectivity index (χ3n) is 4.43. The lowest BCUT2D eigenvalue weighted by atomic mass is 9.94. The lowest BCUT2D eigenvalue weighted by Crippen LogP contribution is -2.40. The summed E-state index contributed by atoms with van der Waals surface area (Å²) in [6.07, 6.45) is 3.36. The van der Waals surface area contributed by atoms with Gasteiger partial charge in [-0.25, -0.2) is 4.98 Å². The van der Waals surface area contributed by atoms with Crippen LogP contribution >= 0.6 is 0 Å². The van der Waals surface area contributed by atoms with Gasteiger partial charge in [0, 0.05) is 25.2 Å². The smallest absolute Gasteiger partial charge is 0.220 e. The molecule has 1 aliphatic rings.